The molecule has 2 nitrogen and oxygen atoms in total. The number of para-hydroxylation sites is 2. The highest BCUT2D eigenvalue weighted by molar-refractivity contribution is 6.09. The Morgan fingerprint density at radius 3 is 1.98 bits per heavy atom. The first-order valence-corrected chi connectivity index (χ1v) is 23.5. The molecule has 8 aromatic rings. The van der Waals surface area contributed by atoms with Crippen LogP contribution >= 0.6 is 0 Å². The van der Waals surface area contributed by atoms with Crippen molar-refractivity contribution < 1.29 is 4.42 Å². The van der Waals surface area contributed by atoms with E-state index in [1.165, 1.54) is 132 Å². The van der Waals surface area contributed by atoms with Crippen molar-refractivity contribution in [2.75, 3.05) is 4.90 Å². The van der Waals surface area contributed by atoms with Crippen LogP contribution in [0.3, 0.4) is 0 Å². The lowest BCUT2D eigenvalue weighted by molar-refractivity contribution is 0.0495. The molecule has 7 aromatic carbocycles. The van der Waals surface area contributed by atoms with E-state index in [4.69, 9.17) is 4.42 Å². The zero-order chi connectivity index (χ0) is 40.3. The van der Waals surface area contributed by atoms with Gasteiger partial charge in [-0.25, -0.2) is 0 Å². The summed E-state index contributed by atoms with van der Waals surface area (Å²) in [4.78, 5) is 2.68. The minimum atomic E-state index is 0.0130. The predicted octanol–water partition coefficient (Wildman–Crippen LogP) is 16.5. The normalized spacial score (nSPS) is 22.9. The fourth-order valence-electron chi connectivity index (χ4n) is 14.2. The zero-order valence-corrected chi connectivity index (χ0v) is 35.3. The monoisotopic (exact) mass is 791 g/mol. The van der Waals surface area contributed by atoms with Gasteiger partial charge in [-0.1, -0.05) is 154 Å². The molecule has 5 aliphatic rings. The van der Waals surface area contributed by atoms with Gasteiger partial charge in [0.05, 0.1) is 5.69 Å². The van der Waals surface area contributed by atoms with Crippen molar-refractivity contribution >= 4 is 39.0 Å². The minimum absolute atomic E-state index is 0.0130. The Morgan fingerprint density at radius 1 is 0.541 bits per heavy atom. The lowest BCUT2D eigenvalue weighted by Crippen LogP contribution is -2.50. The lowest BCUT2D eigenvalue weighted by Gasteiger charge is -2.55. The number of hydrogen-bond acceptors (Lipinski definition) is 2. The maximum atomic E-state index is 6.56. The highest BCUT2D eigenvalue weighted by atomic mass is 16.3. The van der Waals surface area contributed by atoms with Crippen LogP contribution in [0, 0.1) is 17.8 Å². The summed E-state index contributed by atoms with van der Waals surface area (Å²) in [6.45, 7) is 2.44. The molecule has 2 atom stereocenters. The topological polar surface area (TPSA) is 16.4 Å². The van der Waals surface area contributed by atoms with Gasteiger partial charge < -0.3 is 9.32 Å². The van der Waals surface area contributed by atoms with E-state index in [9.17, 15) is 0 Å². The Balaban J connectivity index is 1.04. The molecule has 3 saturated carbocycles. The van der Waals surface area contributed by atoms with Gasteiger partial charge in [0.1, 0.15) is 11.2 Å². The van der Waals surface area contributed by atoms with E-state index >= 15 is 0 Å². The molecule has 3 fully saturated rings. The van der Waals surface area contributed by atoms with Gasteiger partial charge in [-0.15, -0.1) is 0 Å². The molecule has 1 aromatic heterocycles. The maximum absolute atomic E-state index is 6.56. The number of benzene rings is 7. The van der Waals surface area contributed by atoms with Crippen molar-refractivity contribution in [3.8, 4) is 33.4 Å². The summed E-state index contributed by atoms with van der Waals surface area (Å²) in [6.07, 6.45) is 14.3. The third-order valence-corrected chi connectivity index (χ3v) is 16.6. The largest absolute Gasteiger partial charge is 0.455 e. The number of anilines is 3. The summed E-state index contributed by atoms with van der Waals surface area (Å²) < 4.78 is 6.56. The first-order valence-electron chi connectivity index (χ1n) is 23.5. The molecule has 13 rings (SSSR count). The van der Waals surface area contributed by atoms with E-state index in [1.807, 2.05) is 0 Å². The molecule has 0 amide bonds. The molecule has 2 spiro atoms. The third-order valence-electron chi connectivity index (χ3n) is 16.6. The molecular weight excluding hydrogens is 739 g/mol. The Hall–Kier alpha value is -5.86. The Morgan fingerprint density at radius 2 is 1.18 bits per heavy atom. The van der Waals surface area contributed by atoms with Crippen LogP contribution in [0.4, 0.5) is 17.1 Å². The van der Waals surface area contributed by atoms with E-state index in [0.29, 0.717) is 11.8 Å². The molecule has 0 radical (unpaired) electrons. The van der Waals surface area contributed by atoms with E-state index in [1.54, 1.807) is 16.7 Å². The number of furan rings is 1. The van der Waals surface area contributed by atoms with E-state index in [0.717, 1.165) is 22.6 Å². The molecule has 61 heavy (non-hydrogen) atoms. The average Bonchev–Trinajstić information content (AvgIpc) is 3.92. The number of rotatable bonds is 5. The number of nitrogens with zero attached hydrogens (tertiary/aromatic N) is 1. The smallest absolute Gasteiger partial charge is 0.143 e. The average molecular weight is 792 g/mol. The van der Waals surface area contributed by atoms with E-state index < -0.39 is 0 Å². The van der Waals surface area contributed by atoms with Crippen molar-refractivity contribution in [2.45, 2.75) is 88.4 Å². The van der Waals surface area contributed by atoms with Crippen LogP contribution < -0.4 is 4.90 Å². The van der Waals surface area contributed by atoms with Crippen LogP contribution in [0.1, 0.15) is 99.8 Å². The van der Waals surface area contributed by atoms with Crippen molar-refractivity contribution in [3.05, 3.63) is 174 Å². The fraction of sp³-hybridized carbons (Fsp3) is 0.288. The van der Waals surface area contributed by atoms with Crippen molar-refractivity contribution in [1.29, 1.82) is 0 Å². The van der Waals surface area contributed by atoms with Gasteiger partial charge in [0, 0.05) is 38.5 Å². The highest BCUT2D eigenvalue weighted by Gasteiger charge is 2.58. The van der Waals surface area contributed by atoms with Gasteiger partial charge in [-0.05, 0) is 143 Å². The standard InChI is InChI=1S/C59H53NO/c1-2-38-35-40-15-12-16-41(36-38)59(40)52-24-8-5-18-46(52)49-21-14-25-54(56(49)59)60(43-31-32-47-45-17-4-7-23-51(45)58(53(47)37-43)33-10-3-11-34-58)42-29-27-39(28-30-42)44-20-13-22-50-48-19-6-9-26-55(48)61-57(44)50/h4-9,13-14,17-32,37-38,40-41H,2-3,10-12,15-16,33-36H2,1H3. The molecule has 5 aliphatic carbocycles. The second kappa shape index (κ2) is 13.6. The summed E-state index contributed by atoms with van der Waals surface area (Å²) >= 11 is 0. The van der Waals surface area contributed by atoms with Crippen molar-refractivity contribution in [2.24, 2.45) is 17.8 Å². The van der Waals surface area contributed by atoms with Crippen LogP contribution in [-0.2, 0) is 10.8 Å². The molecule has 2 unspecified atom stereocenters. The van der Waals surface area contributed by atoms with Crippen molar-refractivity contribution in [1.82, 2.24) is 0 Å². The van der Waals surface area contributed by atoms with Gasteiger partial charge in [-0.2, -0.15) is 0 Å². The van der Waals surface area contributed by atoms with Crippen LogP contribution in [0.2, 0.25) is 0 Å². The zero-order valence-electron chi connectivity index (χ0n) is 35.3. The van der Waals surface area contributed by atoms with Crippen LogP contribution in [0.25, 0.3) is 55.3 Å². The summed E-state index contributed by atoms with van der Waals surface area (Å²) in [5, 5.41) is 2.34. The molecule has 300 valence electrons. The Bertz CT molecular complexity index is 3000. The maximum Gasteiger partial charge on any atom is 0.143 e. The first-order chi connectivity index (χ1) is 30.2. The molecule has 0 saturated heterocycles. The Kier molecular flexibility index (Phi) is 7.98. The van der Waals surface area contributed by atoms with Crippen LogP contribution in [-0.4, -0.2) is 0 Å². The van der Waals surface area contributed by atoms with Gasteiger partial charge in [0.25, 0.3) is 0 Å². The van der Waals surface area contributed by atoms with E-state index in [-0.39, 0.29) is 10.8 Å². The molecule has 1 heterocycles. The van der Waals surface area contributed by atoms with Crippen LogP contribution in [0.15, 0.2) is 156 Å². The van der Waals surface area contributed by atoms with Gasteiger partial charge in [0.15, 0.2) is 0 Å². The van der Waals surface area contributed by atoms with E-state index in [2.05, 4.69) is 163 Å². The Labute approximate surface area is 360 Å². The summed E-state index contributed by atoms with van der Waals surface area (Å²) in [5.74, 6) is 2.10. The molecule has 2 bridgehead atoms. The van der Waals surface area contributed by atoms with Gasteiger partial charge in [0.2, 0.25) is 0 Å². The fourth-order valence-corrected chi connectivity index (χ4v) is 14.2. The third kappa shape index (κ3) is 4.97. The second-order valence-corrected chi connectivity index (χ2v) is 19.3. The van der Waals surface area contributed by atoms with Crippen molar-refractivity contribution in [3.63, 3.8) is 0 Å². The quantitative estimate of drug-likeness (QED) is 0.173. The first kappa shape index (κ1) is 35.9. The SMILES string of the molecule is CCC1CC2CCCC(C1)C21c2ccccc2-c2cccc(N(c3ccc(-c4cccc5c4oc4ccccc45)cc3)c3ccc4c(c3)C3(CCCCC3)c3ccccc3-4)c21. The lowest BCUT2D eigenvalue weighted by atomic mass is 9.48. The molecule has 2 heteroatoms. The predicted molar refractivity (Wildman–Crippen MR) is 253 cm³/mol. The summed E-state index contributed by atoms with van der Waals surface area (Å²) in [5.41, 5.74) is 20.2. The molecule has 0 N–H and O–H groups in total. The summed E-state index contributed by atoms with van der Waals surface area (Å²) in [7, 11) is 0. The van der Waals surface area contributed by atoms with Gasteiger partial charge in [-0.3, -0.25) is 0 Å². The summed E-state index contributed by atoms with van der Waals surface area (Å²) in [6, 6.07) is 58.2. The number of fused-ring (bicyclic) bond motifs is 11. The number of hydrogen-bond donors (Lipinski definition) is 0. The molecule has 0 aliphatic heterocycles. The highest BCUT2D eigenvalue weighted by Crippen LogP contribution is 2.68. The minimum Gasteiger partial charge on any atom is -0.455 e. The van der Waals surface area contributed by atoms with Gasteiger partial charge >= 0.3 is 0 Å². The second-order valence-electron chi connectivity index (χ2n) is 19.3. The van der Waals surface area contributed by atoms with Crippen LogP contribution in [0.5, 0.6) is 0 Å². The molecular formula is C59H53NO.